The third kappa shape index (κ3) is 26.5. The Balaban J connectivity index is 0. The van der Waals surface area contributed by atoms with E-state index in [1.54, 1.807) is 24.8 Å². The molecule has 4 aromatic rings. The average molecular weight is 1050 g/mol. The number of halogens is 8. The van der Waals surface area contributed by atoms with Gasteiger partial charge >= 0.3 is 62.2 Å². The van der Waals surface area contributed by atoms with Crippen molar-refractivity contribution in [2.75, 3.05) is 26.2 Å². The van der Waals surface area contributed by atoms with E-state index in [4.69, 9.17) is 25.9 Å². The van der Waals surface area contributed by atoms with Gasteiger partial charge in [0.2, 0.25) is 0 Å². The molecule has 0 aliphatic carbocycles. The summed E-state index contributed by atoms with van der Waals surface area (Å²) in [5.74, 6) is 0. The summed E-state index contributed by atoms with van der Waals surface area (Å²) in [5.41, 5.74) is -3.87. The van der Waals surface area contributed by atoms with Gasteiger partial charge in [0.1, 0.15) is 0 Å². The molecule has 4 heterocycles. The molecule has 0 aromatic carbocycles. The number of hydrogen-bond donors (Lipinski definition) is 0. The Morgan fingerprint density at radius 2 is 0.650 bits per heavy atom. The third-order valence-electron chi connectivity index (χ3n) is 6.31. The van der Waals surface area contributed by atoms with Crippen molar-refractivity contribution in [3.63, 3.8) is 0 Å². The molecule has 4 aromatic heterocycles. The molecule has 0 amide bonds. The summed E-state index contributed by atoms with van der Waals surface area (Å²) in [5, 5.41) is 0. The second-order valence-corrected chi connectivity index (χ2v) is 13.3. The van der Waals surface area contributed by atoms with Gasteiger partial charge in [-0.1, -0.05) is 24.3 Å². The average Bonchev–Trinajstić information content (AvgIpc) is 3.23. The van der Waals surface area contributed by atoms with Gasteiger partial charge in [0.15, 0.2) is 20.2 Å². The predicted molar refractivity (Wildman–Crippen MR) is 220 cm³/mol. The SMILES string of the molecule is CC(=NCCN=C(C)c1ccccn1)c1ccccn1.CC(=NCCN=C(C)c1ccccn1)c1ccccn1.O=S(=O)([O-])C(F)(F)F.O=S(=O)([O-])C(F)(F)F.[Cl][Ge].[Cl][Ge]. The summed E-state index contributed by atoms with van der Waals surface area (Å²) in [6.45, 7) is 10.5. The maximum atomic E-state index is 10.7. The molecule has 0 aliphatic heterocycles. The molecule has 0 fully saturated rings. The normalized spacial score (nSPS) is 12.3. The molecule has 6 radical (unpaired) electrons. The fourth-order valence-electron chi connectivity index (χ4n) is 3.50. The van der Waals surface area contributed by atoms with Gasteiger partial charge in [-0.3, -0.25) is 39.9 Å². The van der Waals surface area contributed by atoms with E-state index in [1.807, 2.05) is 100 Å². The van der Waals surface area contributed by atoms with Crippen LogP contribution in [0.15, 0.2) is 118 Å². The second-order valence-electron chi connectivity index (χ2n) is 10.5. The Hall–Kier alpha value is -3.65. The minimum atomic E-state index is -6.09. The number of alkyl halides is 6. The molecule has 0 N–H and O–H groups in total. The molecule has 326 valence electrons. The van der Waals surface area contributed by atoms with Gasteiger partial charge in [0.05, 0.1) is 71.8 Å². The van der Waals surface area contributed by atoms with Crippen LogP contribution in [0, 0.1) is 0 Å². The first kappa shape index (κ1) is 58.4. The molecule has 0 unspecified atom stereocenters. The van der Waals surface area contributed by atoms with Crippen molar-refractivity contribution < 1.29 is 52.3 Å². The zero-order valence-electron chi connectivity index (χ0n) is 31.9. The van der Waals surface area contributed by atoms with Crippen molar-refractivity contribution in [1.29, 1.82) is 0 Å². The Morgan fingerprint density at radius 1 is 0.483 bits per heavy atom. The van der Waals surface area contributed by atoms with E-state index in [0.717, 1.165) is 45.6 Å². The molecule has 60 heavy (non-hydrogen) atoms. The topological polar surface area (TPSA) is 215 Å². The third-order valence-corrected chi connectivity index (χ3v) is 7.44. The summed E-state index contributed by atoms with van der Waals surface area (Å²) >= 11 is 2.94. The zero-order valence-corrected chi connectivity index (χ0v) is 39.3. The van der Waals surface area contributed by atoms with Crippen LogP contribution >= 0.6 is 20.0 Å². The van der Waals surface area contributed by atoms with Crippen molar-refractivity contribution in [3.8, 4) is 0 Å². The molecule has 0 spiro atoms. The van der Waals surface area contributed by atoms with Crippen molar-refractivity contribution in [2.45, 2.75) is 38.7 Å². The molecular formula is C34H36Cl2F6Ge2N8O6S2-2. The number of aromatic nitrogens is 4. The van der Waals surface area contributed by atoms with Crippen LogP contribution in [0.2, 0.25) is 0 Å². The van der Waals surface area contributed by atoms with Crippen LogP contribution < -0.4 is 0 Å². The van der Waals surface area contributed by atoms with Crippen LogP contribution in [-0.4, -0.2) is 137 Å². The van der Waals surface area contributed by atoms with Crippen molar-refractivity contribution >= 4 is 94.3 Å². The van der Waals surface area contributed by atoms with E-state index in [9.17, 15) is 26.3 Å². The summed E-state index contributed by atoms with van der Waals surface area (Å²) in [6, 6.07) is 23.3. The molecule has 0 aliphatic rings. The fourth-order valence-corrected chi connectivity index (χ4v) is 3.50. The number of hydrogen-bond acceptors (Lipinski definition) is 14. The monoisotopic (exact) mass is 1050 g/mol. The molecule has 0 saturated carbocycles. The van der Waals surface area contributed by atoms with Crippen LogP contribution in [-0.2, 0) is 20.2 Å². The molecule has 0 saturated heterocycles. The second kappa shape index (κ2) is 31.2. The van der Waals surface area contributed by atoms with E-state index in [1.165, 1.54) is 31.2 Å². The summed E-state index contributed by atoms with van der Waals surface area (Å²) in [4.78, 5) is 35.0. The summed E-state index contributed by atoms with van der Waals surface area (Å²) in [7, 11) is -2.90. The Bertz CT molecular complexity index is 1870. The maximum absolute atomic E-state index is 10.7. The number of rotatable bonds is 10. The first-order chi connectivity index (χ1) is 28.0. The summed E-state index contributed by atoms with van der Waals surface area (Å²) < 4.78 is 118. The van der Waals surface area contributed by atoms with Crippen LogP contribution in [0.1, 0.15) is 50.5 Å². The van der Waals surface area contributed by atoms with Crippen molar-refractivity contribution in [3.05, 3.63) is 120 Å². The number of nitrogens with zero attached hydrogens (tertiary/aromatic N) is 8. The van der Waals surface area contributed by atoms with Crippen LogP contribution in [0.25, 0.3) is 0 Å². The van der Waals surface area contributed by atoms with Gasteiger partial charge in [-0.2, -0.15) is 26.3 Å². The quantitative estimate of drug-likeness (QED) is 0.0431. The van der Waals surface area contributed by atoms with Crippen LogP contribution in [0.4, 0.5) is 26.3 Å². The Labute approximate surface area is 369 Å². The molecule has 0 atom stereocenters. The standard InChI is InChI=1S/2C16H18N4.2CHF3O3S.2ClGe/c2*1-13(15-7-3-5-9-19-15)17-11-12-18-14(2)16-8-4-6-10-20-16;2*2-1(3,4)8(5,6)7;2*1-2/h2*3-10H,11-12H2,1-2H3;2*(H,5,6,7);;/p-2. The Morgan fingerprint density at radius 3 is 0.767 bits per heavy atom. The zero-order chi connectivity index (χ0) is 46.4. The molecule has 4 rings (SSSR count). The van der Waals surface area contributed by atoms with E-state index in [2.05, 4.69) is 59.9 Å². The van der Waals surface area contributed by atoms with Crippen LogP contribution in [0.3, 0.4) is 0 Å². The minimum absolute atomic E-state index is 0.659. The van der Waals surface area contributed by atoms with E-state index >= 15 is 0 Å². The number of pyridine rings is 4. The van der Waals surface area contributed by atoms with Crippen molar-refractivity contribution in [1.82, 2.24) is 19.9 Å². The number of aliphatic imine (C=N–C) groups is 4. The Kier molecular flexibility index (Phi) is 30.4. The summed E-state index contributed by atoms with van der Waals surface area (Å²) in [6.07, 6.45) is 7.10. The van der Waals surface area contributed by atoms with Crippen LogP contribution in [0.5, 0.6) is 0 Å². The first-order valence-electron chi connectivity index (χ1n) is 16.2. The van der Waals surface area contributed by atoms with Gasteiger partial charge in [-0.05, 0) is 76.2 Å². The van der Waals surface area contributed by atoms with Gasteiger partial charge in [0.25, 0.3) is 0 Å². The van der Waals surface area contributed by atoms with Gasteiger partial charge < -0.3 is 9.11 Å². The molecule has 26 heteroatoms. The van der Waals surface area contributed by atoms with Gasteiger partial charge in [-0.15, -0.1) is 0 Å². The van der Waals surface area contributed by atoms with E-state index < -0.39 is 31.3 Å². The van der Waals surface area contributed by atoms with Gasteiger partial charge in [-0.25, -0.2) is 16.8 Å². The van der Waals surface area contributed by atoms with Gasteiger partial charge in [0, 0.05) is 24.8 Å². The van der Waals surface area contributed by atoms with E-state index in [0.29, 0.717) is 26.2 Å². The molecule has 14 nitrogen and oxygen atoms in total. The first-order valence-corrected chi connectivity index (χ1v) is 24.5. The fraction of sp³-hybridized carbons (Fsp3) is 0.294. The molecule has 0 bridgehead atoms. The van der Waals surface area contributed by atoms with E-state index in [-0.39, 0.29) is 0 Å². The predicted octanol–water partition coefficient (Wildman–Crippen LogP) is 6.31. The molecular weight excluding hydrogens is 1010 g/mol. The van der Waals surface area contributed by atoms with Crippen molar-refractivity contribution in [2.24, 2.45) is 20.0 Å².